The van der Waals surface area contributed by atoms with Crippen LogP contribution in [0.1, 0.15) is 23.2 Å². The van der Waals surface area contributed by atoms with Crippen LogP contribution in [0.15, 0.2) is 42.6 Å². The van der Waals surface area contributed by atoms with Crippen molar-refractivity contribution in [3.8, 4) is 0 Å². The maximum absolute atomic E-state index is 13.0. The van der Waals surface area contributed by atoms with E-state index in [0.29, 0.717) is 17.8 Å². The van der Waals surface area contributed by atoms with Gasteiger partial charge in [-0.1, -0.05) is 0 Å². The number of rotatable bonds is 5. The number of nitrogens with zero attached hydrogens (tertiary/aromatic N) is 4. The third-order valence-electron chi connectivity index (χ3n) is 5.58. The van der Waals surface area contributed by atoms with Crippen molar-refractivity contribution in [3.63, 3.8) is 0 Å². The van der Waals surface area contributed by atoms with Crippen molar-refractivity contribution < 1.29 is 14.0 Å². The SMILES string of the molecule is O=C(CN1CCN(c2ccc(C(=O)N3CCCC3)cn2)CC1)Nc1ccc(F)cc1. The van der Waals surface area contributed by atoms with Gasteiger partial charge in [-0.15, -0.1) is 0 Å². The molecule has 0 unspecified atom stereocenters. The molecule has 0 spiro atoms. The number of carbonyl (C=O) groups excluding carboxylic acids is 2. The van der Waals surface area contributed by atoms with Gasteiger partial charge in [-0.2, -0.15) is 0 Å². The maximum Gasteiger partial charge on any atom is 0.255 e. The molecule has 2 aliphatic rings. The third-order valence-corrected chi connectivity index (χ3v) is 5.58. The van der Waals surface area contributed by atoms with Crippen LogP contribution in [0.25, 0.3) is 0 Å². The molecule has 2 aromatic rings. The number of piperazine rings is 1. The van der Waals surface area contributed by atoms with Gasteiger partial charge in [0.1, 0.15) is 11.6 Å². The standard InChI is InChI=1S/C22H26FN5O2/c23-18-4-6-19(7-5-18)25-21(29)16-26-11-13-27(14-12-26)20-8-3-17(15-24-20)22(30)28-9-1-2-10-28/h3-8,15H,1-2,9-14,16H2,(H,25,29). The van der Waals surface area contributed by atoms with Gasteiger partial charge in [-0.05, 0) is 49.2 Å². The maximum atomic E-state index is 13.0. The topological polar surface area (TPSA) is 68.8 Å². The lowest BCUT2D eigenvalue weighted by molar-refractivity contribution is -0.117. The van der Waals surface area contributed by atoms with Crippen molar-refractivity contribution in [2.45, 2.75) is 12.8 Å². The van der Waals surface area contributed by atoms with Crippen LogP contribution in [0.4, 0.5) is 15.9 Å². The lowest BCUT2D eigenvalue weighted by Gasteiger charge is -2.35. The van der Waals surface area contributed by atoms with Crippen LogP contribution < -0.4 is 10.2 Å². The molecule has 2 fully saturated rings. The molecule has 158 valence electrons. The number of amides is 2. The minimum absolute atomic E-state index is 0.0588. The zero-order chi connectivity index (χ0) is 20.9. The molecule has 3 heterocycles. The molecule has 8 heteroatoms. The van der Waals surface area contributed by atoms with E-state index >= 15 is 0 Å². The Morgan fingerprint density at radius 3 is 2.27 bits per heavy atom. The zero-order valence-corrected chi connectivity index (χ0v) is 16.9. The summed E-state index contributed by atoms with van der Waals surface area (Å²) in [6.45, 7) is 4.96. The molecule has 0 radical (unpaired) electrons. The fourth-order valence-electron chi connectivity index (χ4n) is 3.87. The van der Waals surface area contributed by atoms with Gasteiger partial charge in [0.15, 0.2) is 0 Å². The molecule has 1 aromatic carbocycles. The molecule has 7 nitrogen and oxygen atoms in total. The van der Waals surface area contributed by atoms with Crippen molar-refractivity contribution in [2.24, 2.45) is 0 Å². The average molecular weight is 411 g/mol. The van der Waals surface area contributed by atoms with Gasteiger partial charge in [0.25, 0.3) is 5.91 Å². The van der Waals surface area contributed by atoms with E-state index in [9.17, 15) is 14.0 Å². The highest BCUT2D eigenvalue weighted by molar-refractivity contribution is 5.94. The van der Waals surface area contributed by atoms with E-state index < -0.39 is 0 Å². The second-order valence-electron chi connectivity index (χ2n) is 7.72. The fourth-order valence-corrected chi connectivity index (χ4v) is 3.87. The summed E-state index contributed by atoms with van der Waals surface area (Å²) < 4.78 is 13.0. The number of hydrogen-bond donors (Lipinski definition) is 1. The summed E-state index contributed by atoms with van der Waals surface area (Å²) in [5, 5.41) is 2.79. The molecular weight excluding hydrogens is 385 g/mol. The second-order valence-corrected chi connectivity index (χ2v) is 7.72. The summed E-state index contributed by atoms with van der Waals surface area (Å²) in [7, 11) is 0. The van der Waals surface area contributed by atoms with Crippen LogP contribution in [0.5, 0.6) is 0 Å². The van der Waals surface area contributed by atoms with Crippen molar-refractivity contribution in [3.05, 3.63) is 54.0 Å². The summed E-state index contributed by atoms with van der Waals surface area (Å²) in [5.74, 6) is 0.469. The number of halogens is 1. The molecular formula is C22H26FN5O2. The van der Waals surface area contributed by atoms with Gasteiger partial charge in [-0.3, -0.25) is 14.5 Å². The predicted octanol–water partition coefficient (Wildman–Crippen LogP) is 2.22. The summed E-state index contributed by atoms with van der Waals surface area (Å²) in [6.07, 6.45) is 3.81. The predicted molar refractivity (Wildman–Crippen MR) is 113 cm³/mol. The lowest BCUT2D eigenvalue weighted by atomic mass is 10.2. The first-order chi connectivity index (χ1) is 14.6. The Morgan fingerprint density at radius 2 is 1.63 bits per heavy atom. The number of pyridine rings is 1. The Bertz CT molecular complexity index is 873. The molecule has 2 aliphatic heterocycles. The van der Waals surface area contributed by atoms with E-state index in [1.165, 1.54) is 12.1 Å². The van der Waals surface area contributed by atoms with Gasteiger partial charge in [0, 0.05) is 51.2 Å². The Balaban J connectivity index is 1.25. The van der Waals surface area contributed by atoms with Crippen molar-refractivity contribution in [1.82, 2.24) is 14.8 Å². The van der Waals surface area contributed by atoms with Crippen LogP contribution in [0.3, 0.4) is 0 Å². The quantitative estimate of drug-likeness (QED) is 0.817. The van der Waals surface area contributed by atoms with Gasteiger partial charge in [-0.25, -0.2) is 9.37 Å². The van der Waals surface area contributed by atoms with E-state index in [2.05, 4.69) is 20.1 Å². The lowest BCUT2D eigenvalue weighted by Crippen LogP contribution is -2.49. The third kappa shape index (κ3) is 4.94. The Hall–Kier alpha value is -3.00. The van der Waals surface area contributed by atoms with E-state index in [4.69, 9.17) is 0 Å². The van der Waals surface area contributed by atoms with E-state index in [1.807, 2.05) is 17.0 Å². The van der Waals surface area contributed by atoms with Crippen LogP contribution in [-0.4, -0.2) is 72.4 Å². The Morgan fingerprint density at radius 1 is 0.933 bits per heavy atom. The van der Waals surface area contributed by atoms with Gasteiger partial charge in [0.2, 0.25) is 5.91 Å². The summed E-state index contributed by atoms with van der Waals surface area (Å²) in [4.78, 5) is 35.3. The molecule has 1 N–H and O–H groups in total. The molecule has 30 heavy (non-hydrogen) atoms. The number of carbonyl (C=O) groups is 2. The first-order valence-electron chi connectivity index (χ1n) is 10.4. The highest BCUT2D eigenvalue weighted by Crippen LogP contribution is 2.17. The molecule has 0 aliphatic carbocycles. The minimum Gasteiger partial charge on any atom is -0.354 e. The summed E-state index contributed by atoms with van der Waals surface area (Å²) >= 11 is 0. The van der Waals surface area contributed by atoms with Crippen LogP contribution >= 0.6 is 0 Å². The highest BCUT2D eigenvalue weighted by atomic mass is 19.1. The van der Waals surface area contributed by atoms with Crippen LogP contribution in [0.2, 0.25) is 0 Å². The van der Waals surface area contributed by atoms with Crippen molar-refractivity contribution in [2.75, 3.05) is 56.0 Å². The van der Waals surface area contributed by atoms with Crippen LogP contribution in [-0.2, 0) is 4.79 Å². The highest BCUT2D eigenvalue weighted by Gasteiger charge is 2.22. The van der Waals surface area contributed by atoms with E-state index in [1.54, 1.807) is 18.3 Å². The van der Waals surface area contributed by atoms with Crippen molar-refractivity contribution in [1.29, 1.82) is 0 Å². The summed E-state index contributed by atoms with van der Waals surface area (Å²) in [5.41, 5.74) is 1.23. The smallest absolute Gasteiger partial charge is 0.255 e. The largest absolute Gasteiger partial charge is 0.354 e. The summed E-state index contributed by atoms with van der Waals surface area (Å²) in [6, 6.07) is 9.51. The Kier molecular flexibility index (Phi) is 6.23. The first kappa shape index (κ1) is 20.3. The molecule has 1 aromatic heterocycles. The van der Waals surface area contributed by atoms with Crippen LogP contribution in [0, 0.1) is 5.82 Å². The Labute approximate surface area is 175 Å². The molecule has 4 rings (SSSR count). The molecule has 2 amide bonds. The van der Waals surface area contributed by atoms with Gasteiger partial charge in [0.05, 0.1) is 12.1 Å². The molecule has 2 saturated heterocycles. The molecule has 0 saturated carbocycles. The van der Waals surface area contributed by atoms with E-state index in [0.717, 1.165) is 57.9 Å². The molecule has 0 atom stereocenters. The second kappa shape index (κ2) is 9.21. The number of hydrogen-bond acceptors (Lipinski definition) is 5. The zero-order valence-electron chi connectivity index (χ0n) is 16.9. The van der Waals surface area contributed by atoms with Gasteiger partial charge >= 0.3 is 0 Å². The molecule has 0 bridgehead atoms. The number of nitrogens with one attached hydrogen (secondary N) is 1. The normalized spacial score (nSPS) is 17.2. The number of aromatic nitrogens is 1. The minimum atomic E-state index is -0.328. The van der Waals surface area contributed by atoms with E-state index in [-0.39, 0.29) is 17.6 Å². The fraction of sp³-hybridized carbons (Fsp3) is 0.409. The average Bonchev–Trinajstić information content (AvgIpc) is 3.30. The monoisotopic (exact) mass is 411 g/mol. The first-order valence-corrected chi connectivity index (χ1v) is 10.4. The number of likely N-dealkylation sites (tertiary alicyclic amines) is 1. The number of benzene rings is 1. The van der Waals surface area contributed by atoms with Crippen molar-refractivity contribution >= 4 is 23.3 Å². The number of anilines is 2. The van der Waals surface area contributed by atoms with Gasteiger partial charge < -0.3 is 15.1 Å².